The third-order valence-corrected chi connectivity index (χ3v) is 9.47. The number of thiazole rings is 1. The topological polar surface area (TPSA) is 164 Å². The third-order valence-electron chi connectivity index (χ3n) is 6.95. The monoisotopic (exact) mass is 598 g/mol. The minimum absolute atomic E-state index is 0.0217. The number of likely N-dealkylation sites (tertiary alicyclic amines) is 1. The normalized spacial score (nSPS) is 20.1. The highest BCUT2D eigenvalue weighted by Gasteiger charge is 2.44. The summed E-state index contributed by atoms with van der Waals surface area (Å²) in [6.45, 7) is 1.67. The molecule has 2 aliphatic heterocycles. The first-order valence-electron chi connectivity index (χ1n) is 12.5. The second kappa shape index (κ2) is 9.69. The SMILES string of the molecule is CC1(Cc2nnc(C(c3nc4ccc(-c5cccc(C(=O)N6CC(F)C6)c5)cc4s3)S(C)(=O)=O)o2)NC(=O)NC1=O. The van der Waals surface area contributed by atoms with Gasteiger partial charge in [0.1, 0.15) is 16.7 Å². The van der Waals surface area contributed by atoms with Crippen LogP contribution in [-0.4, -0.2) is 77.4 Å². The lowest BCUT2D eigenvalue weighted by Crippen LogP contribution is -2.51. The lowest BCUT2D eigenvalue weighted by Gasteiger charge is -2.34. The van der Waals surface area contributed by atoms with E-state index in [-0.39, 0.29) is 42.2 Å². The molecular formula is C26H23FN6O6S2. The number of hydrogen-bond donors (Lipinski definition) is 2. The Morgan fingerprint density at radius 2 is 1.95 bits per heavy atom. The van der Waals surface area contributed by atoms with Crippen molar-refractivity contribution in [3.8, 4) is 11.1 Å². The summed E-state index contributed by atoms with van der Waals surface area (Å²) in [4.78, 5) is 42.4. The largest absolute Gasteiger partial charge is 0.423 e. The Labute approximate surface area is 236 Å². The number of amides is 4. The minimum atomic E-state index is -3.82. The average Bonchev–Trinajstić information content (AvgIpc) is 3.57. The van der Waals surface area contributed by atoms with E-state index in [1.165, 1.54) is 11.8 Å². The fraction of sp³-hybridized carbons (Fsp3) is 0.308. The van der Waals surface area contributed by atoms with Crippen LogP contribution in [0.3, 0.4) is 0 Å². The molecule has 41 heavy (non-hydrogen) atoms. The Balaban J connectivity index is 1.29. The van der Waals surface area contributed by atoms with Crippen LogP contribution in [0.25, 0.3) is 21.3 Å². The summed E-state index contributed by atoms with van der Waals surface area (Å²) in [5.74, 6) is -1.02. The first kappa shape index (κ1) is 27.0. The molecule has 4 amide bonds. The zero-order chi connectivity index (χ0) is 29.1. The molecule has 0 aliphatic carbocycles. The number of nitrogens with zero attached hydrogens (tertiary/aromatic N) is 4. The molecule has 2 unspecified atom stereocenters. The molecule has 6 rings (SSSR count). The second-order valence-corrected chi connectivity index (χ2v) is 13.5. The Morgan fingerprint density at radius 3 is 2.63 bits per heavy atom. The zero-order valence-electron chi connectivity index (χ0n) is 21.8. The Bertz CT molecular complexity index is 1830. The maximum Gasteiger partial charge on any atom is 0.322 e. The molecular weight excluding hydrogens is 575 g/mol. The number of nitrogens with one attached hydrogen (secondary N) is 2. The van der Waals surface area contributed by atoms with Crippen molar-refractivity contribution in [2.45, 2.75) is 30.3 Å². The minimum Gasteiger partial charge on any atom is -0.423 e. The van der Waals surface area contributed by atoms with Crippen molar-refractivity contribution in [3.05, 3.63) is 64.8 Å². The molecule has 2 aromatic carbocycles. The van der Waals surface area contributed by atoms with Crippen LogP contribution in [0, 0.1) is 0 Å². The molecule has 2 N–H and O–H groups in total. The number of carbonyl (C=O) groups is 3. The van der Waals surface area contributed by atoms with Gasteiger partial charge in [-0.05, 0) is 42.3 Å². The van der Waals surface area contributed by atoms with Crippen molar-refractivity contribution in [1.29, 1.82) is 0 Å². The highest BCUT2D eigenvalue weighted by atomic mass is 32.2. The predicted molar refractivity (Wildman–Crippen MR) is 146 cm³/mol. The van der Waals surface area contributed by atoms with E-state index in [1.54, 1.807) is 24.3 Å². The maximum atomic E-state index is 13.2. The quantitative estimate of drug-likeness (QED) is 0.304. The van der Waals surface area contributed by atoms with Gasteiger partial charge < -0.3 is 14.6 Å². The number of fused-ring (bicyclic) bond motifs is 1. The van der Waals surface area contributed by atoms with Gasteiger partial charge in [-0.1, -0.05) is 18.2 Å². The highest BCUT2D eigenvalue weighted by molar-refractivity contribution is 7.91. The Hall–Kier alpha value is -4.24. The van der Waals surface area contributed by atoms with Crippen molar-refractivity contribution in [2.75, 3.05) is 19.3 Å². The molecule has 0 radical (unpaired) electrons. The molecule has 12 nitrogen and oxygen atoms in total. The number of urea groups is 1. The second-order valence-electron chi connectivity index (χ2n) is 10.3. The number of sulfone groups is 1. The average molecular weight is 599 g/mol. The standard InChI is InChI=1S/C26H23FN6O6S2/c1-26(24(35)29-25(36)30-26)10-19-31-32-21(39-19)20(41(2,37)38)22-28-17-7-6-14(9-18(17)40-22)13-4-3-5-15(8-13)23(34)33-11-16(27)12-33/h3-9,16,20H,10-12H2,1-2H3,(H2,29,30,35,36). The number of halogens is 1. The molecule has 0 spiro atoms. The van der Waals surface area contributed by atoms with E-state index >= 15 is 0 Å². The first-order valence-corrected chi connectivity index (χ1v) is 15.3. The van der Waals surface area contributed by atoms with Gasteiger partial charge in [0.25, 0.3) is 11.8 Å². The number of imide groups is 1. The van der Waals surface area contributed by atoms with Gasteiger partial charge in [-0.15, -0.1) is 21.5 Å². The number of rotatable bonds is 7. The summed E-state index contributed by atoms with van der Waals surface area (Å²) >= 11 is 1.15. The van der Waals surface area contributed by atoms with E-state index in [4.69, 9.17) is 4.42 Å². The predicted octanol–water partition coefficient (Wildman–Crippen LogP) is 2.41. The number of carbonyl (C=O) groups excluding carboxylic acids is 3. The molecule has 15 heteroatoms. The number of aromatic nitrogens is 3. The van der Waals surface area contributed by atoms with E-state index in [0.717, 1.165) is 28.7 Å². The Kier molecular flexibility index (Phi) is 6.37. The molecule has 0 saturated carbocycles. The van der Waals surface area contributed by atoms with Crippen LogP contribution >= 0.6 is 11.3 Å². The zero-order valence-corrected chi connectivity index (χ0v) is 23.4. The maximum absolute atomic E-state index is 13.2. The van der Waals surface area contributed by atoms with Crippen LogP contribution in [-0.2, 0) is 21.1 Å². The molecule has 0 bridgehead atoms. The molecule has 4 heterocycles. The summed E-state index contributed by atoms with van der Waals surface area (Å²) in [5, 5.41) is 11.4. The van der Waals surface area contributed by atoms with Crippen LogP contribution in [0.2, 0.25) is 0 Å². The fourth-order valence-corrected chi connectivity index (χ4v) is 7.29. The van der Waals surface area contributed by atoms with E-state index < -0.39 is 38.7 Å². The van der Waals surface area contributed by atoms with E-state index in [0.29, 0.717) is 15.8 Å². The van der Waals surface area contributed by atoms with Crippen molar-refractivity contribution in [1.82, 2.24) is 30.7 Å². The van der Waals surface area contributed by atoms with Crippen molar-refractivity contribution >= 4 is 49.2 Å². The Morgan fingerprint density at radius 1 is 1.20 bits per heavy atom. The van der Waals surface area contributed by atoms with E-state index in [9.17, 15) is 27.2 Å². The fourth-order valence-electron chi connectivity index (χ4n) is 4.76. The molecule has 4 aromatic rings. The van der Waals surface area contributed by atoms with E-state index in [1.807, 2.05) is 18.2 Å². The van der Waals surface area contributed by atoms with Crippen LogP contribution in [0.1, 0.15) is 39.3 Å². The van der Waals surface area contributed by atoms with Gasteiger partial charge in [0, 0.05) is 11.8 Å². The number of alkyl halides is 1. The summed E-state index contributed by atoms with van der Waals surface area (Å²) in [7, 11) is -3.82. The van der Waals surface area contributed by atoms with E-state index in [2.05, 4.69) is 25.8 Å². The van der Waals surface area contributed by atoms with Gasteiger partial charge in [-0.2, -0.15) is 0 Å². The molecule has 2 atom stereocenters. The van der Waals surface area contributed by atoms with Crippen molar-refractivity contribution in [2.24, 2.45) is 0 Å². The van der Waals surface area contributed by atoms with Crippen LogP contribution in [0.4, 0.5) is 9.18 Å². The summed E-state index contributed by atoms with van der Waals surface area (Å²) < 4.78 is 45.3. The van der Waals surface area contributed by atoms with Crippen molar-refractivity contribution < 1.29 is 31.6 Å². The smallest absolute Gasteiger partial charge is 0.322 e. The molecule has 212 valence electrons. The first-order chi connectivity index (χ1) is 19.4. The van der Waals surface area contributed by atoms with Gasteiger partial charge >= 0.3 is 6.03 Å². The van der Waals surface area contributed by atoms with Crippen LogP contribution in [0.5, 0.6) is 0 Å². The summed E-state index contributed by atoms with van der Waals surface area (Å²) in [5.41, 5.74) is 1.24. The summed E-state index contributed by atoms with van der Waals surface area (Å²) in [6, 6.07) is 11.8. The third kappa shape index (κ3) is 5.06. The van der Waals surface area contributed by atoms with Crippen LogP contribution in [0.15, 0.2) is 46.9 Å². The highest BCUT2D eigenvalue weighted by Crippen LogP contribution is 2.37. The lowest BCUT2D eigenvalue weighted by molar-refractivity contribution is -0.123. The molecule has 2 fully saturated rings. The van der Waals surface area contributed by atoms with Gasteiger partial charge in [0.2, 0.25) is 11.8 Å². The number of hydrogen-bond acceptors (Lipinski definition) is 10. The van der Waals surface area contributed by atoms with Gasteiger partial charge in [0.15, 0.2) is 15.1 Å². The number of benzene rings is 2. The molecule has 2 aliphatic rings. The lowest BCUT2D eigenvalue weighted by atomic mass is 9.98. The molecule has 2 aromatic heterocycles. The summed E-state index contributed by atoms with van der Waals surface area (Å²) in [6.07, 6.45) is -0.0823. The van der Waals surface area contributed by atoms with Crippen molar-refractivity contribution in [3.63, 3.8) is 0 Å². The van der Waals surface area contributed by atoms with Gasteiger partial charge in [-0.25, -0.2) is 22.6 Å². The van der Waals surface area contributed by atoms with Crippen LogP contribution < -0.4 is 10.6 Å². The van der Waals surface area contributed by atoms with Gasteiger partial charge in [-0.3, -0.25) is 14.9 Å². The van der Waals surface area contributed by atoms with Gasteiger partial charge in [0.05, 0.1) is 29.7 Å². The molecule has 2 saturated heterocycles.